The SMILES string of the molecule is CC(C)Oc1cc(Br)ccc1OS(C)(C)C(C)(C)C. The van der Waals surface area contributed by atoms with Crippen LogP contribution in [0.15, 0.2) is 22.7 Å². The fraction of sp³-hybridized carbons (Fsp3) is 0.600. The second-order valence-electron chi connectivity index (χ2n) is 6.19. The van der Waals surface area contributed by atoms with Crippen LogP contribution in [0.5, 0.6) is 11.5 Å². The van der Waals surface area contributed by atoms with Crippen LogP contribution in [0.25, 0.3) is 0 Å². The molecular formula is C15H25BrO2S. The fourth-order valence-electron chi connectivity index (χ4n) is 1.25. The number of ether oxygens (including phenoxy) is 1. The van der Waals surface area contributed by atoms with Gasteiger partial charge < -0.3 is 8.92 Å². The van der Waals surface area contributed by atoms with Crippen LogP contribution in [-0.2, 0) is 0 Å². The van der Waals surface area contributed by atoms with E-state index in [1.54, 1.807) is 0 Å². The third-order valence-electron chi connectivity index (χ3n) is 3.04. The zero-order chi connectivity index (χ0) is 14.8. The molecule has 0 N–H and O–H groups in total. The highest BCUT2D eigenvalue weighted by molar-refractivity contribution is 9.10. The topological polar surface area (TPSA) is 18.5 Å². The van der Waals surface area contributed by atoms with Crippen molar-refractivity contribution in [1.29, 1.82) is 0 Å². The lowest BCUT2D eigenvalue weighted by atomic mass is 10.3. The largest absolute Gasteiger partial charge is 0.487 e. The zero-order valence-electron chi connectivity index (χ0n) is 12.9. The molecule has 0 aromatic heterocycles. The average Bonchev–Trinajstić information content (AvgIpc) is 2.19. The Kier molecular flexibility index (Phi) is 5.24. The van der Waals surface area contributed by atoms with Crippen LogP contribution in [0.3, 0.4) is 0 Å². The number of hydrogen-bond acceptors (Lipinski definition) is 2. The molecule has 0 aliphatic rings. The molecule has 4 heteroatoms. The minimum Gasteiger partial charge on any atom is -0.487 e. The zero-order valence-corrected chi connectivity index (χ0v) is 15.3. The van der Waals surface area contributed by atoms with Gasteiger partial charge in [0.15, 0.2) is 11.5 Å². The molecule has 0 heterocycles. The monoisotopic (exact) mass is 348 g/mol. The molecule has 0 radical (unpaired) electrons. The summed E-state index contributed by atoms with van der Waals surface area (Å²) in [6.45, 7) is 10.7. The first-order valence-corrected chi connectivity index (χ1v) is 9.58. The number of halogens is 1. The van der Waals surface area contributed by atoms with Gasteiger partial charge in [-0.25, -0.2) is 0 Å². The summed E-state index contributed by atoms with van der Waals surface area (Å²) in [6, 6.07) is 5.93. The Morgan fingerprint density at radius 1 is 1.11 bits per heavy atom. The van der Waals surface area contributed by atoms with E-state index in [0.29, 0.717) is 0 Å². The van der Waals surface area contributed by atoms with Gasteiger partial charge in [-0.2, -0.15) is 0 Å². The molecule has 0 amide bonds. The molecule has 0 fully saturated rings. The Morgan fingerprint density at radius 3 is 2.16 bits per heavy atom. The average molecular weight is 349 g/mol. The van der Waals surface area contributed by atoms with Crippen molar-refractivity contribution in [3.05, 3.63) is 22.7 Å². The molecule has 1 rings (SSSR count). The summed E-state index contributed by atoms with van der Waals surface area (Å²) in [4.78, 5) is 0. The molecule has 2 nitrogen and oxygen atoms in total. The van der Waals surface area contributed by atoms with E-state index >= 15 is 0 Å². The first kappa shape index (κ1) is 16.7. The Labute approximate surface area is 127 Å². The van der Waals surface area contributed by atoms with Gasteiger partial charge in [-0.15, -0.1) is 0 Å². The van der Waals surface area contributed by atoms with Crippen molar-refractivity contribution < 1.29 is 8.92 Å². The van der Waals surface area contributed by atoms with Crippen molar-refractivity contribution in [2.75, 3.05) is 12.5 Å². The van der Waals surface area contributed by atoms with E-state index in [2.05, 4.69) is 49.2 Å². The second kappa shape index (κ2) is 5.96. The number of benzene rings is 1. The van der Waals surface area contributed by atoms with Crippen molar-refractivity contribution >= 4 is 26.2 Å². The molecule has 1 aromatic rings. The van der Waals surface area contributed by atoms with Crippen LogP contribution in [-0.4, -0.2) is 23.4 Å². The second-order valence-corrected chi connectivity index (χ2v) is 11.0. The van der Waals surface area contributed by atoms with Crippen molar-refractivity contribution in [2.45, 2.75) is 45.5 Å². The number of rotatable bonds is 4. The van der Waals surface area contributed by atoms with Gasteiger partial charge in [-0.1, -0.05) is 26.2 Å². The maximum atomic E-state index is 6.29. The van der Waals surface area contributed by atoms with E-state index in [1.165, 1.54) is 0 Å². The molecule has 0 aliphatic carbocycles. The van der Waals surface area contributed by atoms with Crippen LogP contribution in [0.1, 0.15) is 34.6 Å². The Morgan fingerprint density at radius 2 is 1.68 bits per heavy atom. The summed E-state index contributed by atoms with van der Waals surface area (Å²) in [7, 11) is -1.22. The summed E-state index contributed by atoms with van der Waals surface area (Å²) >= 11 is 3.48. The molecule has 0 aliphatic heterocycles. The summed E-state index contributed by atoms with van der Waals surface area (Å²) < 4.78 is 13.3. The van der Waals surface area contributed by atoms with Gasteiger partial charge >= 0.3 is 0 Å². The molecule has 1 aromatic carbocycles. The summed E-state index contributed by atoms with van der Waals surface area (Å²) in [5, 5.41) is 0. The Hall–Kier alpha value is -0.350. The third kappa shape index (κ3) is 4.60. The quantitative estimate of drug-likeness (QED) is 0.725. The summed E-state index contributed by atoms with van der Waals surface area (Å²) in [6.07, 6.45) is 4.51. The molecule has 0 saturated carbocycles. The molecule has 0 atom stereocenters. The molecule has 19 heavy (non-hydrogen) atoms. The predicted octanol–water partition coefficient (Wildman–Crippen LogP) is 5.39. The van der Waals surface area contributed by atoms with Crippen molar-refractivity contribution in [2.24, 2.45) is 0 Å². The van der Waals surface area contributed by atoms with E-state index < -0.39 is 10.3 Å². The van der Waals surface area contributed by atoms with Gasteiger partial charge in [0.25, 0.3) is 0 Å². The lowest BCUT2D eigenvalue weighted by Gasteiger charge is -2.44. The standard InChI is InChI=1S/C15H25BrO2S/c1-11(2)17-14-10-12(16)8-9-13(14)18-19(6,7)15(3,4)5/h8-11H,1-7H3. The fourth-order valence-corrected chi connectivity index (χ4v) is 2.42. The summed E-state index contributed by atoms with van der Waals surface area (Å²) in [5.41, 5.74) is 0. The van der Waals surface area contributed by atoms with E-state index in [9.17, 15) is 0 Å². The highest BCUT2D eigenvalue weighted by Gasteiger charge is 2.31. The Bertz CT molecular complexity index is 436. The molecule has 0 bridgehead atoms. The maximum absolute atomic E-state index is 6.29. The Balaban J connectivity index is 3.07. The van der Waals surface area contributed by atoms with E-state index in [-0.39, 0.29) is 10.9 Å². The summed E-state index contributed by atoms with van der Waals surface area (Å²) in [5.74, 6) is 1.63. The highest BCUT2D eigenvalue weighted by atomic mass is 79.9. The van der Waals surface area contributed by atoms with Gasteiger partial charge in [0.2, 0.25) is 0 Å². The van der Waals surface area contributed by atoms with E-state index in [4.69, 9.17) is 8.92 Å². The van der Waals surface area contributed by atoms with Gasteiger partial charge in [0.1, 0.15) is 0 Å². The normalized spacial score (nSPS) is 13.5. The number of hydrogen-bond donors (Lipinski definition) is 0. The van der Waals surface area contributed by atoms with Crippen LogP contribution in [0.2, 0.25) is 0 Å². The molecule has 0 unspecified atom stereocenters. The lowest BCUT2D eigenvalue weighted by molar-refractivity contribution is 0.236. The van der Waals surface area contributed by atoms with E-state index in [1.807, 2.05) is 32.0 Å². The van der Waals surface area contributed by atoms with Gasteiger partial charge in [-0.05, 0) is 65.3 Å². The van der Waals surface area contributed by atoms with Crippen LogP contribution < -0.4 is 8.92 Å². The van der Waals surface area contributed by atoms with Crippen molar-refractivity contribution in [3.63, 3.8) is 0 Å². The van der Waals surface area contributed by atoms with Gasteiger partial charge in [-0.3, -0.25) is 0 Å². The maximum Gasteiger partial charge on any atom is 0.176 e. The first-order chi connectivity index (χ1) is 8.53. The minimum absolute atomic E-state index is 0.120. The van der Waals surface area contributed by atoms with Crippen LogP contribution in [0, 0.1) is 0 Å². The van der Waals surface area contributed by atoms with Crippen molar-refractivity contribution in [1.82, 2.24) is 0 Å². The van der Waals surface area contributed by atoms with E-state index in [0.717, 1.165) is 16.0 Å². The molecule has 0 spiro atoms. The van der Waals surface area contributed by atoms with Crippen LogP contribution in [0.4, 0.5) is 0 Å². The molecule has 110 valence electrons. The molecular weight excluding hydrogens is 324 g/mol. The van der Waals surface area contributed by atoms with Gasteiger partial charge in [0, 0.05) is 9.22 Å². The van der Waals surface area contributed by atoms with Gasteiger partial charge in [0.05, 0.1) is 6.10 Å². The third-order valence-corrected chi connectivity index (χ3v) is 7.08. The lowest BCUT2D eigenvalue weighted by Crippen LogP contribution is -2.27. The molecule has 0 saturated heterocycles. The minimum atomic E-state index is -1.22. The van der Waals surface area contributed by atoms with Crippen LogP contribution >= 0.6 is 26.2 Å². The smallest absolute Gasteiger partial charge is 0.176 e. The predicted molar refractivity (Wildman–Crippen MR) is 89.7 cm³/mol. The van der Waals surface area contributed by atoms with Crippen molar-refractivity contribution in [3.8, 4) is 11.5 Å². The first-order valence-electron chi connectivity index (χ1n) is 6.41. The highest BCUT2D eigenvalue weighted by Crippen LogP contribution is 2.55.